The lowest BCUT2D eigenvalue weighted by atomic mass is 9.84. The number of pyridine rings is 2. The van der Waals surface area contributed by atoms with Crippen LogP contribution in [0.2, 0.25) is 16.9 Å². The number of aryl methyl sites for hydroxylation is 4. The lowest BCUT2D eigenvalue weighted by Gasteiger charge is -2.40. The van der Waals surface area contributed by atoms with Gasteiger partial charge in [0, 0.05) is 126 Å². The third-order valence-electron chi connectivity index (χ3n) is 14.3. The van der Waals surface area contributed by atoms with Gasteiger partial charge < -0.3 is 25.5 Å². The second-order valence-corrected chi connectivity index (χ2v) is 22.3. The summed E-state index contributed by atoms with van der Waals surface area (Å²) in [5.74, 6) is 0.704. The van der Waals surface area contributed by atoms with Crippen molar-refractivity contribution >= 4 is 85.9 Å². The number of ether oxygens (including phenoxy) is 2. The summed E-state index contributed by atoms with van der Waals surface area (Å²) >= 11 is 24.5. The zero-order valence-electron chi connectivity index (χ0n) is 40.9. The number of aromatic nitrogens is 2. The topological polar surface area (TPSA) is 109 Å². The molecule has 4 atom stereocenters. The Hall–Kier alpha value is -2.11. The predicted octanol–water partition coefficient (Wildman–Crippen LogP) is 11.3. The van der Waals surface area contributed by atoms with Crippen molar-refractivity contribution in [3.05, 3.63) is 136 Å². The van der Waals surface area contributed by atoms with Crippen LogP contribution in [0.3, 0.4) is 0 Å². The molecule has 69 heavy (non-hydrogen) atoms. The van der Waals surface area contributed by atoms with E-state index in [4.69, 9.17) is 48.4 Å². The minimum atomic E-state index is -0.499. The van der Waals surface area contributed by atoms with Crippen LogP contribution in [0.4, 0.5) is 0 Å². The third-order valence-corrected chi connectivity index (χ3v) is 16.2. The molecule has 4 aromatic rings. The zero-order valence-corrected chi connectivity index (χ0v) is 46.5. The van der Waals surface area contributed by atoms with Gasteiger partial charge in [0.25, 0.3) is 0 Å². The molecule has 2 unspecified atom stereocenters. The molecular formula is C54H71BBr2Cl2N6O3S. The monoisotopic (exact) mass is 1120 g/mol. The van der Waals surface area contributed by atoms with Crippen molar-refractivity contribution in [3.63, 3.8) is 0 Å². The molecule has 2 saturated heterocycles. The fraction of sp³-hybridized carbons (Fsp3) is 0.519. The summed E-state index contributed by atoms with van der Waals surface area (Å²) in [6, 6.07) is 18.4. The largest absolute Gasteiger partial charge is 0.437 e. The van der Waals surface area contributed by atoms with E-state index < -0.39 is 7.05 Å². The first kappa shape index (κ1) is 54.7. The number of halogens is 4. The predicted molar refractivity (Wildman–Crippen MR) is 298 cm³/mol. The quantitative estimate of drug-likeness (QED) is 0.0495. The van der Waals surface area contributed by atoms with E-state index >= 15 is 0 Å². The van der Waals surface area contributed by atoms with Crippen LogP contribution in [0.25, 0.3) is 11.1 Å². The molecule has 2 aromatic carbocycles. The SMILES string of the molecule is CCC(CN1CC/C(=C2\c3ccc(Cl)cc3CCc3cc(Br)cnc32)C[C@@H]1CCCOC)NB(C)O.COCCC[C@H]1C/C(=C2/c3ccc(Cl)cc3CCc3cc(Br)cnc32)CCN1CC(N)CS. The van der Waals surface area contributed by atoms with E-state index in [0.29, 0.717) is 17.8 Å². The van der Waals surface area contributed by atoms with Gasteiger partial charge in [-0.15, -0.1) is 0 Å². The van der Waals surface area contributed by atoms with E-state index in [1.165, 1.54) is 55.7 Å². The Balaban J connectivity index is 0.000000205. The maximum absolute atomic E-state index is 9.91. The van der Waals surface area contributed by atoms with Crippen molar-refractivity contribution in [1.29, 1.82) is 0 Å². The number of rotatable bonds is 16. The molecule has 9 nitrogen and oxygen atoms in total. The van der Waals surface area contributed by atoms with E-state index in [9.17, 15) is 5.02 Å². The number of nitrogens with zero attached hydrogens (tertiary/aromatic N) is 4. The molecule has 4 heterocycles. The summed E-state index contributed by atoms with van der Waals surface area (Å²) in [5.41, 5.74) is 22.0. The number of benzene rings is 2. The van der Waals surface area contributed by atoms with Gasteiger partial charge >= 0.3 is 7.05 Å². The summed E-state index contributed by atoms with van der Waals surface area (Å²) in [7, 11) is 3.05. The first-order chi connectivity index (χ1) is 33.4. The van der Waals surface area contributed by atoms with E-state index in [-0.39, 0.29) is 12.1 Å². The number of fused-ring (bicyclic) bond motifs is 4. The Morgan fingerprint density at radius 1 is 0.754 bits per heavy atom. The number of likely N-dealkylation sites (tertiary alicyclic amines) is 2. The van der Waals surface area contributed by atoms with Gasteiger partial charge in [0.1, 0.15) is 0 Å². The van der Waals surface area contributed by atoms with Crippen molar-refractivity contribution < 1.29 is 14.5 Å². The van der Waals surface area contributed by atoms with Gasteiger partial charge in [-0.3, -0.25) is 19.8 Å². The zero-order chi connectivity index (χ0) is 49.0. The van der Waals surface area contributed by atoms with Crippen LogP contribution in [-0.2, 0) is 35.2 Å². The van der Waals surface area contributed by atoms with Crippen LogP contribution < -0.4 is 11.0 Å². The highest BCUT2D eigenvalue weighted by molar-refractivity contribution is 9.10. The van der Waals surface area contributed by atoms with Gasteiger partial charge in [0.15, 0.2) is 0 Å². The maximum Gasteiger partial charge on any atom is 0.373 e. The number of hydrogen-bond donors (Lipinski definition) is 4. The molecule has 0 bridgehead atoms. The average Bonchev–Trinajstić information content (AvgIpc) is 3.59. The lowest BCUT2D eigenvalue weighted by Crippen LogP contribution is -2.51. The second kappa shape index (κ2) is 26.7. The van der Waals surface area contributed by atoms with Gasteiger partial charge in [-0.1, -0.05) is 53.4 Å². The fourth-order valence-electron chi connectivity index (χ4n) is 11.0. The van der Waals surface area contributed by atoms with Crippen molar-refractivity contribution in [1.82, 2.24) is 25.0 Å². The molecule has 2 aliphatic heterocycles. The smallest absolute Gasteiger partial charge is 0.373 e. The number of piperidine rings is 2. The van der Waals surface area contributed by atoms with Gasteiger partial charge in [-0.25, -0.2) is 0 Å². The lowest BCUT2D eigenvalue weighted by molar-refractivity contribution is 0.131. The molecule has 372 valence electrons. The maximum atomic E-state index is 9.91. The van der Waals surface area contributed by atoms with E-state index in [1.807, 2.05) is 24.5 Å². The molecule has 0 saturated carbocycles. The van der Waals surface area contributed by atoms with E-state index in [0.717, 1.165) is 153 Å². The van der Waals surface area contributed by atoms with Crippen molar-refractivity contribution in [2.75, 3.05) is 59.4 Å². The van der Waals surface area contributed by atoms with Crippen LogP contribution in [0.15, 0.2) is 81.0 Å². The Morgan fingerprint density at radius 3 is 1.65 bits per heavy atom. The first-order valence-electron chi connectivity index (χ1n) is 25.0. The van der Waals surface area contributed by atoms with Gasteiger partial charge in [-0.05, 0) is 192 Å². The van der Waals surface area contributed by atoms with Crippen molar-refractivity contribution in [2.24, 2.45) is 5.73 Å². The molecule has 4 aliphatic rings. The first-order valence-corrected chi connectivity index (χ1v) is 27.9. The second-order valence-electron chi connectivity index (χ2n) is 19.2. The minimum absolute atomic E-state index is 0.0907. The highest BCUT2D eigenvalue weighted by Gasteiger charge is 2.33. The molecule has 0 spiro atoms. The van der Waals surface area contributed by atoms with Crippen molar-refractivity contribution in [3.8, 4) is 0 Å². The van der Waals surface area contributed by atoms with Gasteiger partial charge in [0.2, 0.25) is 0 Å². The summed E-state index contributed by atoms with van der Waals surface area (Å²) in [6.45, 7) is 9.39. The molecule has 0 amide bonds. The fourth-order valence-corrected chi connectivity index (χ4v) is 12.3. The Labute approximate surface area is 444 Å². The number of hydrogen-bond acceptors (Lipinski definition) is 10. The standard InChI is InChI=1S/C28H38BBrClN3O2.C26H33BrClN3OS/c1-4-24(33-29(2)35)18-34-12-11-20(16-25(34)6-5-13-36-3)27-26-10-9-23(31)15-19(26)7-8-21-14-22(30)17-32-28(21)27;1-32-10-2-3-23-13-18(8-9-31(23)15-22(29)16-33)25-24-7-6-21(28)12-17(24)4-5-19-11-20(27)14-30-26(19)25/h9-10,14-15,17,24-25,33,35H,4-8,11-13,16,18H2,1-3H3;6-7,11-12,14,22-23,33H,2-5,8-10,13,15-16,29H2,1H3/b27-20-;25-18-/t24?,25-;22?,23-/m00/s1. The Bertz CT molecular complexity index is 2320. The van der Waals surface area contributed by atoms with Gasteiger partial charge in [-0.2, -0.15) is 12.6 Å². The molecular weight excluding hydrogens is 1050 g/mol. The highest BCUT2D eigenvalue weighted by Crippen LogP contribution is 2.43. The number of thiol groups is 1. The molecule has 2 fully saturated rings. The third kappa shape index (κ3) is 14.6. The van der Waals surface area contributed by atoms with Crippen molar-refractivity contribution in [2.45, 2.75) is 121 Å². The van der Waals surface area contributed by atoms with Crippen LogP contribution in [0, 0.1) is 0 Å². The molecule has 2 aliphatic carbocycles. The number of nitrogens with one attached hydrogen (secondary N) is 1. The molecule has 4 N–H and O–H groups in total. The van der Waals surface area contributed by atoms with Gasteiger partial charge in [0.05, 0.1) is 11.4 Å². The van der Waals surface area contributed by atoms with Crippen LogP contribution in [0.1, 0.15) is 109 Å². The molecule has 8 rings (SSSR count). The van der Waals surface area contributed by atoms with E-state index in [2.05, 4.69) is 103 Å². The summed E-state index contributed by atoms with van der Waals surface area (Å²) in [5, 5.41) is 14.8. The number of nitrogens with two attached hydrogens (primary N) is 1. The normalized spacial score (nSPS) is 21.4. The van der Waals surface area contributed by atoms with Crippen LogP contribution >= 0.6 is 67.7 Å². The highest BCUT2D eigenvalue weighted by atomic mass is 79.9. The number of methoxy groups -OCH3 is 2. The molecule has 0 radical (unpaired) electrons. The minimum Gasteiger partial charge on any atom is -0.437 e. The molecule has 2 aromatic heterocycles. The van der Waals surface area contributed by atoms with Crippen LogP contribution in [0.5, 0.6) is 0 Å². The van der Waals surface area contributed by atoms with E-state index in [1.54, 1.807) is 21.0 Å². The average molecular weight is 1130 g/mol. The Kier molecular flexibility index (Phi) is 21.2. The summed E-state index contributed by atoms with van der Waals surface area (Å²) in [6.07, 6.45) is 17.0. The Morgan fingerprint density at radius 2 is 1.22 bits per heavy atom. The summed E-state index contributed by atoms with van der Waals surface area (Å²) < 4.78 is 12.8. The molecule has 15 heteroatoms. The summed E-state index contributed by atoms with van der Waals surface area (Å²) in [4.78, 5) is 15.1. The van der Waals surface area contributed by atoms with Crippen LogP contribution in [-0.4, -0.2) is 115 Å².